The highest BCUT2D eigenvalue weighted by molar-refractivity contribution is 5.29. The van der Waals surface area contributed by atoms with E-state index in [1.165, 1.54) is 19.4 Å². The highest BCUT2D eigenvalue weighted by Gasteiger charge is 2.21. The molecule has 2 heterocycles. The number of hydrogen-bond acceptors (Lipinski definition) is 5. The molecule has 0 unspecified atom stereocenters. The molecule has 0 aromatic carbocycles. The minimum atomic E-state index is 0.823. The average molecular weight is 247 g/mol. The smallest absolute Gasteiger partial charge is 0.225 e. The minimum Gasteiger partial charge on any atom is -0.338 e. The summed E-state index contributed by atoms with van der Waals surface area (Å²) in [6.07, 6.45) is 6.38. The molecule has 1 aliphatic carbocycles. The van der Waals surface area contributed by atoms with Gasteiger partial charge < -0.3 is 10.2 Å². The van der Waals surface area contributed by atoms with Crippen LogP contribution in [0, 0.1) is 0 Å². The van der Waals surface area contributed by atoms with Gasteiger partial charge in [-0.05, 0) is 18.9 Å². The predicted molar refractivity (Wildman–Crippen MR) is 71.7 cm³/mol. The molecule has 1 aromatic rings. The molecule has 0 radical (unpaired) electrons. The van der Waals surface area contributed by atoms with Gasteiger partial charge in [-0.1, -0.05) is 0 Å². The second-order valence-corrected chi connectivity index (χ2v) is 5.11. The Morgan fingerprint density at radius 1 is 1.11 bits per heavy atom. The fraction of sp³-hybridized carbons (Fsp3) is 0.692. The molecule has 1 aliphatic heterocycles. The van der Waals surface area contributed by atoms with Crippen molar-refractivity contribution in [3.05, 3.63) is 18.5 Å². The van der Waals surface area contributed by atoms with Crippen molar-refractivity contribution < 1.29 is 0 Å². The summed E-state index contributed by atoms with van der Waals surface area (Å²) >= 11 is 0. The molecule has 2 aliphatic rings. The summed E-state index contributed by atoms with van der Waals surface area (Å²) in [7, 11) is 0. The largest absolute Gasteiger partial charge is 0.338 e. The quantitative estimate of drug-likeness (QED) is 0.813. The third-order valence-corrected chi connectivity index (χ3v) is 3.65. The van der Waals surface area contributed by atoms with Gasteiger partial charge in [0.2, 0.25) is 5.95 Å². The predicted octanol–water partition coefficient (Wildman–Crippen LogP) is 0.351. The van der Waals surface area contributed by atoms with Crippen LogP contribution in [0.4, 0.5) is 5.95 Å². The monoisotopic (exact) mass is 247 g/mol. The Bertz CT molecular complexity index is 357. The first kappa shape index (κ1) is 11.9. The van der Waals surface area contributed by atoms with Gasteiger partial charge in [0.25, 0.3) is 0 Å². The van der Waals surface area contributed by atoms with E-state index in [1.807, 2.05) is 18.5 Å². The van der Waals surface area contributed by atoms with Crippen LogP contribution < -0.4 is 10.2 Å². The Morgan fingerprint density at radius 2 is 1.83 bits per heavy atom. The Hall–Kier alpha value is -1.20. The summed E-state index contributed by atoms with van der Waals surface area (Å²) in [5.74, 6) is 0.869. The molecular weight excluding hydrogens is 226 g/mol. The molecule has 5 nitrogen and oxygen atoms in total. The molecule has 1 saturated heterocycles. The Morgan fingerprint density at radius 3 is 2.50 bits per heavy atom. The molecule has 1 N–H and O–H groups in total. The van der Waals surface area contributed by atoms with Crippen LogP contribution in [-0.2, 0) is 0 Å². The molecule has 1 aromatic heterocycles. The number of aromatic nitrogens is 2. The van der Waals surface area contributed by atoms with E-state index in [0.717, 1.165) is 44.7 Å². The molecule has 2 fully saturated rings. The van der Waals surface area contributed by atoms with E-state index in [4.69, 9.17) is 0 Å². The number of nitrogens with one attached hydrogen (secondary N) is 1. The van der Waals surface area contributed by atoms with Crippen LogP contribution in [0.3, 0.4) is 0 Å². The SMILES string of the molecule is c1cnc(N2CCN(CCNC3CC3)CC2)nc1. The second kappa shape index (κ2) is 5.63. The summed E-state index contributed by atoms with van der Waals surface area (Å²) in [5, 5.41) is 3.57. The van der Waals surface area contributed by atoms with Gasteiger partial charge in [0, 0.05) is 57.7 Å². The van der Waals surface area contributed by atoms with E-state index in [-0.39, 0.29) is 0 Å². The van der Waals surface area contributed by atoms with Crippen LogP contribution in [-0.4, -0.2) is 60.2 Å². The Labute approximate surface area is 108 Å². The Balaban J connectivity index is 1.40. The van der Waals surface area contributed by atoms with E-state index >= 15 is 0 Å². The standard InChI is InChI=1S/C13H21N5/c1-4-15-13(16-5-1)18-10-8-17(9-11-18)7-6-14-12-2-3-12/h1,4-5,12,14H,2-3,6-11H2. The third kappa shape index (κ3) is 3.17. The van der Waals surface area contributed by atoms with Gasteiger partial charge in [0.05, 0.1) is 0 Å². The normalized spacial score (nSPS) is 21.2. The lowest BCUT2D eigenvalue weighted by Crippen LogP contribution is -2.48. The van der Waals surface area contributed by atoms with E-state index < -0.39 is 0 Å². The van der Waals surface area contributed by atoms with Crippen LogP contribution in [0.5, 0.6) is 0 Å². The molecule has 0 amide bonds. The van der Waals surface area contributed by atoms with E-state index in [1.54, 1.807) is 0 Å². The van der Waals surface area contributed by atoms with E-state index in [0.29, 0.717) is 0 Å². The van der Waals surface area contributed by atoms with Crippen LogP contribution in [0.1, 0.15) is 12.8 Å². The first-order valence-electron chi connectivity index (χ1n) is 6.89. The fourth-order valence-electron chi connectivity index (χ4n) is 2.34. The van der Waals surface area contributed by atoms with Gasteiger partial charge in [-0.25, -0.2) is 9.97 Å². The molecule has 98 valence electrons. The minimum absolute atomic E-state index is 0.823. The van der Waals surface area contributed by atoms with E-state index in [9.17, 15) is 0 Å². The maximum Gasteiger partial charge on any atom is 0.225 e. The van der Waals surface area contributed by atoms with Gasteiger partial charge >= 0.3 is 0 Å². The number of anilines is 1. The summed E-state index contributed by atoms with van der Waals surface area (Å²) in [4.78, 5) is 13.4. The summed E-state index contributed by atoms with van der Waals surface area (Å²) in [5.41, 5.74) is 0. The number of piperazine rings is 1. The second-order valence-electron chi connectivity index (χ2n) is 5.11. The van der Waals surface area contributed by atoms with E-state index in [2.05, 4.69) is 25.1 Å². The highest BCUT2D eigenvalue weighted by Crippen LogP contribution is 2.18. The van der Waals surface area contributed by atoms with Crippen molar-refractivity contribution in [2.45, 2.75) is 18.9 Å². The van der Waals surface area contributed by atoms with Crippen LogP contribution in [0.2, 0.25) is 0 Å². The average Bonchev–Trinajstić information content (AvgIpc) is 3.25. The van der Waals surface area contributed by atoms with Crippen molar-refractivity contribution in [1.29, 1.82) is 0 Å². The molecule has 3 rings (SSSR count). The summed E-state index contributed by atoms with van der Waals surface area (Å²) < 4.78 is 0. The number of hydrogen-bond donors (Lipinski definition) is 1. The lowest BCUT2D eigenvalue weighted by Gasteiger charge is -2.34. The zero-order valence-corrected chi connectivity index (χ0v) is 10.8. The van der Waals surface area contributed by atoms with Gasteiger partial charge in [-0.2, -0.15) is 0 Å². The maximum atomic E-state index is 4.31. The highest BCUT2D eigenvalue weighted by atomic mass is 15.3. The molecule has 0 atom stereocenters. The van der Waals surface area contributed by atoms with Crippen LogP contribution in [0.25, 0.3) is 0 Å². The number of rotatable bonds is 5. The Kier molecular flexibility index (Phi) is 3.71. The van der Waals surface area contributed by atoms with Gasteiger partial charge in [0.1, 0.15) is 0 Å². The van der Waals surface area contributed by atoms with Crippen molar-refractivity contribution in [3.8, 4) is 0 Å². The first-order valence-corrected chi connectivity index (χ1v) is 6.89. The molecular formula is C13H21N5. The zero-order valence-electron chi connectivity index (χ0n) is 10.8. The lowest BCUT2D eigenvalue weighted by atomic mass is 10.3. The van der Waals surface area contributed by atoms with Crippen LogP contribution >= 0.6 is 0 Å². The molecule has 0 spiro atoms. The third-order valence-electron chi connectivity index (χ3n) is 3.65. The van der Waals surface area contributed by atoms with Gasteiger partial charge in [0.15, 0.2) is 0 Å². The maximum absolute atomic E-state index is 4.31. The number of nitrogens with zero attached hydrogens (tertiary/aromatic N) is 4. The van der Waals surface area contributed by atoms with Crippen molar-refractivity contribution in [2.75, 3.05) is 44.2 Å². The van der Waals surface area contributed by atoms with Gasteiger partial charge in [-0.15, -0.1) is 0 Å². The van der Waals surface area contributed by atoms with Crippen molar-refractivity contribution in [1.82, 2.24) is 20.2 Å². The topological polar surface area (TPSA) is 44.3 Å². The first-order chi connectivity index (χ1) is 8.92. The molecule has 5 heteroatoms. The van der Waals surface area contributed by atoms with Gasteiger partial charge in [-0.3, -0.25) is 4.90 Å². The molecule has 0 bridgehead atoms. The van der Waals surface area contributed by atoms with Crippen LogP contribution in [0.15, 0.2) is 18.5 Å². The molecule has 1 saturated carbocycles. The zero-order chi connectivity index (χ0) is 12.2. The molecule has 18 heavy (non-hydrogen) atoms. The fourth-order valence-corrected chi connectivity index (χ4v) is 2.34. The van der Waals surface area contributed by atoms with Crippen molar-refractivity contribution in [3.63, 3.8) is 0 Å². The summed E-state index contributed by atoms with van der Waals surface area (Å²) in [6, 6.07) is 2.69. The summed E-state index contributed by atoms with van der Waals surface area (Å²) in [6.45, 7) is 6.60. The van der Waals surface area contributed by atoms with Crippen molar-refractivity contribution >= 4 is 5.95 Å². The van der Waals surface area contributed by atoms with Crippen molar-refractivity contribution in [2.24, 2.45) is 0 Å². The lowest BCUT2D eigenvalue weighted by molar-refractivity contribution is 0.256.